The van der Waals surface area contributed by atoms with E-state index in [9.17, 15) is 18.0 Å². The van der Waals surface area contributed by atoms with Crippen LogP contribution in [0.4, 0.5) is 18.0 Å². The van der Waals surface area contributed by atoms with E-state index in [1.807, 2.05) is 30.3 Å². The van der Waals surface area contributed by atoms with Crippen molar-refractivity contribution in [2.45, 2.75) is 18.8 Å². The average molecular weight is 352 g/mol. The Morgan fingerprint density at radius 1 is 1.20 bits per heavy atom. The van der Waals surface area contributed by atoms with E-state index in [2.05, 4.69) is 4.98 Å². The van der Waals surface area contributed by atoms with Crippen molar-refractivity contribution in [2.75, 3.05) is 13.2 Å². The summed E-state index contributed by atoms with van der Waals surface area (Å²) in [6.45, 7) is 0.790. The minimum absolute atomic E-state index is 0.0232. The Kier molecular flexibility index (Phi) is 4.78. The molecule has 0 aliphatic carbocycles. The molecule has 1 atom stereocenters. The molecule has 0 radical (unpaired) electrons. The van der Waals surface area contributed by atoms with Crippen molar-refractivity contribution >= 4 is 6.09 Å². The van der Waals surface area contributed by atoms with Gasteiger partial charge in [-0.15, -0.1) is 0 Å². The molecule has 1 amide bonds. The molecule has 8 heteroatoms. The van der Waals surface area contributed by atoms with Gasteiger partial charge in [-0.3, -0.25) is 0 Å². The van der Waals surface area contributed by atoms with Crippen LogP contribution in [0.2, 0.25) is 0 Å². The number of hydrogen-bond acceptors (Lipinski definition) is 4. The molecule has 0 N–H and O–H groups in total. The number of amides is 1. The number of hydrogen-bond donors (Lipinski definition) is 0. The molecule has 3 rings (SSSR count). The summed E-state index contributed by atoms with van der Waals surface area (Å²) >= 11 is 0. The van der Waals surface area contributed by atoms with Crippen molar-refractivity contribution in [1.29, 1.82) is 0 Å². The molecule has 0 bridgehead atoms. The van der Waals surface area contributed by atoms with E-state index in [-0.39, 0.29) is 12.5 Å². The van der Waals surface area contributed by atoms with E-state index in [0.29, 0.717) is 19.3 Å². The molecule has 1 aliphatic rings. The number of halogens is 3. The van der Waals surface area contributed by atoms with E-state index in [4.69, 9.17) is 9.47 Å². The topological polar surface area (TPSA) is 51.7 Å². The molecule has 132 valence electrons. The zero-order valence-electron chi connectivity index (χ0n) is 13.1. The SMILES string of the molecule is O=C1O[C@H](COc2ccc(C(F)(F)F)cn2)CN1Cc1ccccc1. The van der Waals surface area contributed by atoms with Crippen LogP contribution in [0.25, 0.3) is 0 Å². The summed E-state index contributed by atoms with van der Waals surface area (Å²) in [4.78, 5) is 17.0. The quantitative estimate of drug-likeness (QED) is 0.826. The summed E-state index contributed by atoms with van der Waals surface area (Å²) in [6.07, 6.45) is -4.68. The van der Waals surface area contributed by atoms with E-state index < -0.39 is 23.9 Å². The first-order chi connectivity index (χ1) is 11.9. The van der Waals surface area contributed by atoms with Crippen molar-refractivity contribution < 1.29 is 27.4 Å². The maximum atomic E-state index is 12.5. The summed E-state index contributed by atoms with van der Waals surface area (Å²) in [5, 5.41) is 0. The van der Waals surface area contributed by atoms with Crippen molar-refractivity contribution in [3.63, 3.8) is 0 Å². The lowest BCUT2D eigenvalue weighted by atomic mass is 10.2. The maximum absolute atomic E-state index is 12.5. The predicted octanol–water partition coefficient (Wildman–Crippen LogP) is 3.50. The lowest BCUT2D eigenvalue weighted by Crippen LogP contribution is -2.26. The molecule has 2 heterocycles. The normalized spacial score (nSPS) is 17.5. The number of carbonyl (C=O) groups is 1. The Hall–Kier alpha value is -2.77. The van der Waals surface area contributed by atoms with Crippen LogP contribution in [0.15, 0.2) is 48.7 Å². The third-order valence-electron chi connectivity index (χ3n) is 3.65. The van der Waals surface area contributed by atoms with Crippen LogP contribution in [0.5, 0.6) is 5.88 Å². The number of cyclic esters (lactones) is 1. The van der Waals surface area contributed by atoms with Crippen molar-refractivity contribution in [1.82, 2.24) is 9.88 Å². The van der Waals surface area contributed by atoms with Crippen LogP contribution in [0.1, 0.15) is 11.1 Å². The standard InChI is InChI=1S/C17H15F3N2O3/c18-17(19,20)13-6-7-15(21-8-13)24-11-14-10-22(16(23)25-14)9-12-4-2-1-3-5-12/h1-8,14H,9-11H2/t14-/m0/s1. The number of alkyl halides is 3. The van der Waals surface area contributed by atoms with Crippen LogP contribution in [-0.4, -0.2) is 35.2 Å². The Morgan fingerprint density at radius 2 is 1.96 bits per heavy atom. The lowest BCUT2D eigenvalue weighted by Gasteiger charge is -2.13. The van der Waals surface area contributed by atoms with E-state index in [1.165, 1.54) is 0 Å². The molecule has 5 nitrogen and oxygen atoms in total. The third-order valence-corrected chi connectivity index (χ3v) is 3.65. The second-order valence-electron chi connectivity index (χ2n) is 5.57. The van der Waals surface area contributed by atoms with Gasteiger partial charge in [0.2, 0.25) is 5.88 Å². The second-order valence-corrected chi connectivity index (χ2v) is 5.57. The molecule has 1 aromatic carbocycles. The van der Waals surface area contributed by atoms with Crippen LogP contribution >= 0.6 is 0 Å². The number of nitrogens with zero attached hydrogens (tertiary/aromatic N) is 2. The van der Waals surface area contributed by atoms with Crippen LogP contribution in [-0.2, 0) is 17.5 Å². The van der Waals surface area contributed by atoms with Crippen LogP contribution in [0.3, 0.4) is 0 Å². The minimum Gasteiger partial charge on any atom is -0.474 e. The van der Waals surface area contributed by atoms with Gasteiger partial charge in [-0.25, -0.2) is 9.78 Å². The lowest BCUT2D eigenvalue weighted by molar-refractivity contribution is -0.137. The summed E-state index contributed by atoms with van der Waals surface area (Å²) < 4.78 is 47.9. The number of ether oxygens (including phenoxy) is 2. The fourth-order valence-corrected chi connectivity index (χ4v) is 2.41. The van der Waals surface area contributed by atoms with E-state index in [0.717, 1.165) is 17.7 Å². The van der Waals surface area contributed by atoms with Gasteiger partial charge in [-0.2, -0.15) is 13.2 Å². The monoisotopic (exact) mass is 352 g/mol. The Bertz CT molecular complexity index is 720. The highest BCUT2D eigenvalue weighted by atomic mass is 19.4. The zero-order valence-corrected chi connectivity index (χ0v) is 13.1. The van der Waals surface area contributed by atoms with Crippen molar-refractivity contribution in [3.05, 3.63) is 59.8 Å². The van der Waals surface area contributed by atoms with Gasteiger partial charge in [-0.1, -0.05) is 30.3 Å². The van der Waals surface area contributed by atoms with Crippen molar-refractivity contribution in [3.8, 4) is 5.88 Å². The van der Waals surface area contributed by atoms with Gasteiger partial charge in [0, 0.05) is 18.8 Å². The predicted molar refractivity (Wildman–Crippen MR) is 81.9 cm³/mol. The minimum atomic E-state index is -4.44. The smallest absolute Gasteiger partial charge is 0.417 e. The molecular formula is C17H15F3N2O3. The molecular weight excluding hydrogens is 337 g/mol. The summed E-state index contributed by atoms with van der Waals surface area (Å²) in [5.41, 5.74) is 0.131. The third kappa shape index (κ3) is 4.40. The Labute approximate surface area is 142 Å². The number of carbonyl (C=O) groups excluding carboxylic acids is 1. The molecule has 0 saturated carbocycles. The molecule has 1 aromatic heterocycles. The van der Waals surface area contributed by atoms with E-state index >= 15 is 0 Å². The molecule has 2 aromatic rings. The number of aromatic nitrogens is 1. The number of benzene rings is 1. The summed E-state index contributed by atoms with van der Waals surface area (Å²) in [7, 11) is 0. The fraction of sp³-hybridized carbons (Fsp3) is 0.294. The summed E-state index contributed by atoms with van der Waals surface area (Å²) in [6, 6.07) is 11.5. The van der Waals surface area contributed by atoms with Gasteiger partial charge in [0.25, 0.3) is 0 Å². The van der Waals surface area contributed by atoms with Gasteiger partial charge >= 0.3 is 12.3 Å². The van der Waals surface area contributed by atoms with Gasteiger partial charge in [-0.05, 0) is 11.6 Å². The molecule has 1 fully saturated rings. The number of rotatable bonds is 5. The first-order valence-corrected chi connectivity index (χ1v) is 7.57. The number of pyridine rings is 1. The maximum Gasteiger partial charge on any atom is 0.417 e. The highest BCUT2D eigenvalue weighted by molar-refractivity contribution is 5.69. The first-order valence-electron chi connectivity index (χ1n) is 7.57. The molecule has 0 spiro atoms. The summed E-state index contributed by atoms with van der Waals surface area (Å²) in [5.74, 6) is 0.0468. The first kappa shape index (κ1) is 17.1. The van der Waals surface area contributed by atoms with Crippen LogP contribution in [0, 0.1) is 0 Å². The van der Waals surface area contributed by atoms with E-state index in [1.54, 1.807) is 4.90 Å². The highest BCUT2D eigenvalue weighted by Gasteiger charge is 2.32. The molecule has 1 aliphatic heterocycles. The Balaban J connectivity index is 1.52. The molecule has 25 heavy (non-hydrogen) atoms. The van der Waals surface area contributed by atoms with Crippen LogP contribution < -0.4 is 4.74 Å². The zero-order chi connectivity index (χ0) is 17.9. The molecule has 0 unspecified atom stereocenters. The van der Waals surface area contributed by atoms with Gasteiger partial charge in [0.1, 0.15) is 6.61 Å². The highest BCUT2D eigenvalue weighted by Crippen LogP contribution is 2.29. The van der Waals surface area contributed by atoms with Gasteiger partial charge < -0.3 is 14.4 Å². The fourth-order valence-electron chi connectivity index (χ4n) is 2.41. The Morgan fingerprint density at radius 3 is 2.60 bits per heavy atom. The average Bonchev–Trinajstić information content (AvgIpc) is 2.93. The molecule has 1 saturated heterocycles. The van der Waals surface area contributed by atoms with Gasteiger partial charge in [0.15, 0.2) is 6.10 Å². The van der Waals surface area contributed by atoms with Gasteiger partial charge in [0.05, 0.1) is 12.1 Å². The van der Waals surface area contributed by atoms with Crippen molar-refractivity contribution in [2.24, 2.45) is 0 Å². The largest absolute Gasteiger partial charge is 0.474 e. The second kappa shape index (κ2) is 7.00.